The summed E-state index contributed by atoms with van der Waals surface area (Å²) in [5.41, 5.74) is 5.92. The van der Waals surface area contributed by atoms with Gasteiger partial charge in [-0.15, -0.1) is 0 Å². The minimum Gasteiger partial charge on any atom is -0.287 e. The Bertz CT molecular complexity index is 1040. The van der Waals surface area contributed by atoms with Crippen LogP contribution in [0.5, 0.6) is 0 Å². The Labute approximate surface area is 137 Å². The van der Waals surface area contributed by atoms with Crippen molar-refractivity contribution in [1.29, 1.82) is 0 Å². The van der Waals surface area contributed by atoms with Crippen LogP contribution in [0, 0.1) is 0 Å². The molecule has 0 unspecified atom stereocenters. The summed E-state index contributed by atoms with van der Waals surface area (Å²) in [6.45, 7) is 0. The maximum Gasteiger partial charge on any atom is 0.237 e. The molecule has 6 nitrogen and oxygen atoms in total. The molecule has 3 aromatic carbocycles. The molecule has 0 atom stereocenters. The SMILES string of the molecule is O=c1cc/c(=N\Nc2ccccc2)c(=O)/c1=N/Nc1ccccc1. The van der Waals surface area contributed by atoms with Crippen LogP contribution >= 0.6 is 0 Å². The van der Waals surface area contributed by atoms with Gasteiger partial charge < -0.3 is 0 Å². The van der Waals surface area contributed by atoms with Gasteiger partial charge in [0.1, 0.15) is 5.36 Å². The van der Waals surface area contributed by atoms with Crippen molar-refractivity contribution in [2.75, 3.05) is 10.9 Å². The first-order valence-electron chi connectivity index (χ1n) is 7.28. The topological polar surface area (TPSA) is 82.9 Å². The quantitative estimate of drug-likeness (QED) is 0.707. The molecular formula is C18H14N4O2. The minimum atomic E-state index is -0.533. The van der Waals surface area contributed by atoms with Crippen molar-refractivity contribution in [3.05, 3.63) is 104 Å². The van der Waals surface area contributed by atoms with E-state index in [1.807, 2.05) is 48.5 Å². The van der Waals surface area contributed by atoms with Crippen molar-refractivity contribution in [1.82, 2.24) is 0 Å². The van der Waals surface area contributed by atoms with Crippen molar-refractivity contribution in [2.45, 2.75) is 0 Å². The van der Waals surface area contributed by atoms with Crippen LogP contribution in [-0.2, 0) is 0 Å². The van der Waals surface area contributed by atoms with E-state index >= 15 is 0 Å². The molecule has 0 aliphatic carbocycles. The number of benzene rings is 3. The fourth-order valence-corrected chi connectivity index (χ4v) is 2.01. The number of para-hydroxylation sites is 2. The van der Waals surface area contributed by atoms with Gasteiger partial charge in [0.2, 0.25) is 10.9 Å². The first kappa shape index (κ1) is 15.4. The van der Waals surface area contributed by atoms with Gasteiger partial charge in [0.05, 0.1) is 11.4 Å². The molecule has 0 spiro atoms. The summed E-state index contributed by atoms with van der Waals surface area (Å²) in [6, 6.07) is 20.9. The van der Waals surface area contributed by atoms with Crippen LogP contribution < -0.4 is 32.4 Å². The van der Waals surface area contributed by atoms with Crippen molar-refractivity contribution in [2.24, 2.45) is 10.2 Å². The van der Waals surface area contributed by atoms with Crippen LogP contribution in [0.1, 0.15) is 0 Å². The molecular weight excluding hydrogens is 304 g/mol. The lowest BCUT2D eigenvalue weighted by atomic mass is 10.3. The molecule has 0 heterocycles. The smallest absolute Gasteiger partial charge is 0.237 e. The lowest BCUT2D eigenvalue weighted by molar-refractivity contribution is 1.11. The van der Waals surface area contributed by atoms with Gasteiger partial charge in [-0.25, -0.2) is 0 Å². The highest BCUT2D eigenvalue weighted by molar-refractivity contribution is 5.42. The Morgan fingerprint density at radius 3 is 1.75 bits per heavy atom. The van der Waals surface area contributed by atoms with E-state index < -0.39 is 10.9 Å². The van der Waals surface area contributed by atoms with E-state index in [2.05, 4.69) is 21.1 Å². The van der Waals surface area contributed by atoms with Crippen LogP contribution in [0.25, 0.3) is 0 Å². The predicted octanol–water partition coefficient (Wildman–Crippen LogP) is 1.14. The summed E-state index contributed by atoms with van der Waals surface area (Å²) in [7, 11) is 0. The number of nitrogens with one attached hydrogen (secondary N) is 2. The minimum absolute atomic E-state index is 0.118. The zero-order valence-corrected chi connectivity index (χ0v) is 12.6. The van der Waals surface area contributed by atoms with Gasteiger partial charge in [-0.2, -0.15) is 10.2 Å². The van der Waals surface area contributed by atoms with Crippen LogP contribution in [0.15, 0.2) is 92.6 Å². The Morgan fingerprint density at radius 2 is 1.17 bits per heavy atom. The van der Waals surface area contributed by atoms with Crippen LogP contribution in [-0.4, -0.2) is 0 Å². The molecule has 3 rings (SSSR count). The maximum atomic E-state index is 12.4. The fourth-order valence-electron chi connectivity index (χ4n) is 2.01. The molecule has 0 radical (unpaired) electrons. The van der Waals surface area contributed by atoms with Gasteiger partial charge in [-0.1, -0.05) is 36.4 Å². The highest BCUT2D eigenvalue weighted by Crippen LogP contribution is 2.04. The average Bonchev–Trinajstić information content (AvgIpc) is 2.63. The molecule has 24 heavy (non-hydrogen) atoms. The average molecular weight is 318 g/mol. The first-order chi connectivity index (χ1) is 11.7. The molecule has 0 aliphatic heterocycles. The van der Waals surface area contributed by atoms with Crippen LogP contribution in [0.3, 0.4) is 0 Å². The van der Waals surface area contributed by atoms with E-state index in [0.29, 0.717) is 5.69 Å². The number of rotatable bonds is 4. The third-order valence-corrected chi connectivity index (χ3v) is 3.22. The molecule has 118 valence electrons. The largest absolute Gasteiger partial charge is 0.287 e. The molecule has 0 amide bonds. The van der Waals surface area contributed by atoms with Crippen molar-refractivity contribution in [3.8, 4) is 0 Å². The normalized spacial score (nSPS) is 12.2. The highest BCUT2D eigenvalue weighted by atomic mass is 16.1. The second kappa shape index (κ2) is 7.15. The van der Waals surface area contributed by atoms with Gasteiger partial charge in [-0.3, -0.25) is 20.4 Å². The molecule has 0 fully saturated rings. The van der Waals surface area contributed by atoms with Gasteiger partial charge in [0, 0.05) is 0 Å². The highest BCUT2D eigenvalue weighted by Gasteiger charge is 2.01. The third-order valence-electron chi connectivity index (χ3n) is 3.22. The molecule has 3 aromatic rings. The van der Waals surface area contributed by atoms with E-state index in [1.165, 1.54) is 12.1 Å². The number of nitrogens with zero attached hydrogens (tertiary/aromatic N) is 2. The number of hydrogen-bond donors (Lipinski definition) is 2. The zero-order chi connectivity index (χ0) is 16.8. The number of anilines is 2. The Morgan fingerprint density at radius 1 is 0.625 bits per heavy atom. The fraction of sp³-hybridized carbons (Fsp3) is 0. The first-order valence-corrected chi connectivity index (χ1v) is 7.28. The molecule has 0 saturated heterocycles. The summed E-state index contributed by atoms with van der Waals surface area (Å²) in [4.78, 5) is 24.3. The Kier molecular flexibility index (Phi) is 4.57. The van der Waals surface area contributed by atoms with E-state index in [1.54, 1.807) is 12.1 Å². The van der Waals surface area contributed by atoms with E-state index in [-0.39, 0.29) is 10.7 Å². The second-order valence-electron chi connectivity index (χ2n) is 4.94. The monoisotopic (exact) mass is 318 g/mol. The van der Waals surface area contributed by atoms with Gasteiger partial charge in [0.25, 0.3) is 0 Å². The van der Waals surface area contributed by atoms with E-state index in [0.717, 1.165) is 5.69 Å². The van der Waals surface area contributed by atoms with Gasteiger partial charge >= 0.3 is 0 Å². The second-order valence-corrected chi connectivity index (χ2v) is 4.94. The Balaban J connectivity index is 1.96. The molecule has 0 saturated carbocycles. The molecule has 0 bridgehead atoms. The maximum absolute atomic E-state index is 12.4. The molecule has 0 aromatic heterocycles. The summed E-state index contributed by atoms with van der Waals surface area (Å²) >= 11 is 0. The predicted molar refractivity (Wildman–Crippen MR) is 92.6 cm³/mol. The Hall–Kier alpha value is -3.54. The lowest BCUT2D eigenvalue weighted by Gasteiger charge is -1.98. The molecule has 0 aliphatic rings. The van der Waals surface area contributed by atoms with Gasteiger partial charge in [0.15, 0.2) is 5.36 Å². The van der Waals surface area contributed by atoms with E-state index in [4.69, 9.17) is 0 Å². The van der Waals surface area contributed by atoms with E-state index in [9.17, 15) is 9.59 Å². The standard InChI is InChI=1S/C18H14N4O2/c23-16-12-11-15(21-19-13-7-3-1-4-8-13)18(24)17(16)22-20-14-9-5-2-6-10-14/h1-12,19-20H/b21-15+,22-17+. The summed E-state index contributed by atoms with van der Waals surface area (Å²) in [6.07, 6.45) is 0. The van der Waals surface area contributed by atoms with Crippen molar-refractivity contribution < 1.29 is 0 Å². The van der Waals surface area contributed by atoms with Crippen molar-refractivity contribution >= 4 is 11.4 Å². The third kappa shape index (κ3) is 3.61. The van der Waals surface area contributed by atoms with Gasteiger partial charge in [-0.05, 0) is 36.4 Å². The summed E-state index contributed by atoms with van der Waals surface area (Å²) in [5.74, 6) is 0. The molecule has 6 heteroatoms. The summed E-state index contributed by atoms with van der Waals surface area (Å²) < 4.78 is 0. The zero-order valence-electron chi connectivity index (χ0n) is 12.6. The lowest BCUT2D eigenvalue weighted by Crippen LogP contribution is -2.47. The van der Waals surface area contributed by atoms with Crippen LogP contribution in [0.4, 0.5) is 11.4 Å². The summed E-state index contributed by atoms with van der Waals surface area (Å²) in [5, 5.41) is 7.89. The molecule has 2 N–H and O–H groups in total. The number of hydrogen-bond acceptors (Lipinski definition) is 6. The van der Waals surface area contributed by atoms with Crippen molar-refractivity contribution in [3.63, 3.8) is 0 Å². The van der Waals surface area contributed by atoms with Crippen LogP contribution in [0.2, 0.25) is 0 Å².